The topological polar surface area (TPSA) is 58.6 Å². The van der Waals surface area contributed by atoms with E-state index in [-0.39, 0.29) is 17.9 Å². The number of piperidine rings is 1. The van der Waals surface area contributed by atoms with Crippen LogP contribution in [0.3, 0.4) is 0 Å². The van der Waals surface area contributed by atoms with E-state index in [1.807, 2.05) is 54.3 Å². The molecule has 2 aliphatic heterocycles. The molecule has 2 aromatic rings. The maximum atomic E-state index is 13.7. The van der Waals surface area contributed by atoms with E-state index in [1.54, 1.807) is 0 Å². The van der Waals surface area contributed by atoms with Crippen molar-refractivity contribution >= 4 is 11.8 Å². The molecule has 1 N–H and O–H groups in total. The average molecular weight is 407 g/mol. The Balaban J connectivity index is 1.41. The quantitative estimate of drug-likeness (QED) is 0.846. The monoisotopic (exact) mass is 406 g/mol. The predicted molar refractivity (Wildman–Crippen MR) is 116 cm³/mol. The molecule has 0 aliphatic carbocycles. The van der Waals surface area contributed by atoms with E-state index in [2.05, 4.69) is 17.4 Å². The van der Waals surface area contributed by atoms with Gasteiger partial charge in [0, 0.05) is 37.9 Å². The van der Waals surface area contributed by atoms with Crippen molar-refractivity contribution < 1.29 is 14.3 Å². The van der Waals surface area contributed by atoms with Gasteiger partial charge in [0.15, 0.2) is 0 Å². The minimum absolute atomic E-state index is 0.0249. The molecule has 0 spiro atoms. The van der Waals surface area contributed by atoms with Crippen LogP contribution in [0.1, 0.15) is 47.2 Å². The lowest BCUT2D eigenvalue weighted by atomic mass is 9.72. The highest BCUT2D eigenvalue weighted by Gasteiger charge is 2.44. The molecule has 5 nitrogen and oxygen atoms in total. The summed E-state index contributed by atoms with van der Waals surface area (Å²) in [6.07, 6.45) is 3.01. The third kappa shape index (κ3) is 4.12. The molecule has 0 aromatic heterocycles. The molecule has 0 saturated carbocycles. The molecular formula is C25H30N2O3. The van der Waals surface area contributed by atoms with Gasteiger partial charge in [0.05, 0.1) is 5.41 Å². The van der Waals surface area contributed by atoms with Gasteiger partial charge in [0.25, 0.3) is 5.91 Å². The second kappa shape index (κ2) is 9.00. The number of aryl methyl sites for hydroxylation is 1. The van der Waals surface area contributed by atoms with Crippen LogP contribution in [0.25, 0.3) is 0 Å². The lowest BCUT2D eigenvalue weighted by molar-refractivity contribution is -0.142. The summed E-state index contributed by atoms with van der Waals surface area (Å²) < 4.78 is 5.58. The van der Waals surface area contributed by atoms with Crippen molar-refractivity contribution in [2.75, 3.05) is 26.3 Å². The number of carbonyl (C=O) groups is 2. The molecule has 5 heteroatoms. The van der Waals surface area contributed by atoms with E-state index >= 15 is 0 Å². The summed E-state index contributed by atoms with van der Waals surface area (Å²) >= 11 is 0. The Morgan fingerprint density at radius 2 is 1.60 bits per heavy atom. The summed E-state index contributed by atoms with van der Waals surface area (Å²) in [4.78, 5) is 28.3. The molecular weight excluding hydrogens is 376 g/mol. The van der Waals surface area contributed by atoms with Crippen LogP contribution in [0, 0.1) is 6.92 Å². The lowest BCUT2D eigenvalue weighted by Crippen LogP contribution is -2.54. The van der Waals surface area contributed by atoms with E-state index in [0.717, 1.165) is 42.4 Å². The molecule has 2 fully saturated rings. The number of likely N-dealkylation sites (tertiary alicyclic amines) is 1. The van der Waals surface area contributed by atoms with Gasteiger partial charge in [-0.1, -0.05) is 48.5 Å². The first-order chi connectivity index (χ1) is 14.6. The largest absolute Gasteiger partial charge is 0.381 e. The van der Waals surface area contributed by atoms with Crippen molar-refractivity contribution in [2.24, 2.45) is 0 Å². The molecule has 2 heterocycles. The highest BCUT2D eigenvalue weighted by atomic mass is 16.5. The van der Waals surface area contributed by atoms with Crippen molar-refractivity contribution in [3.63, 3.8) is 0 Å². The van der Waals surface area contributed by atoms with Crippen molar-refractivity contribution in [3.05, 3.63) is 71.3 Å². The number of carbonyl (C=O) groups excluding carboxylic acids is 2. The van der Waals surface area contributed by atoms with Crippen LogP contribution in [0.15, 0.2) is 54.6 Å². The fraction of sp³-hybridized carbons (Fsp3) is 0.440. The number of amides is 2. The van der Waals surface area contributed by atoms with Crippen molar-refractivity contribution in [2.45, 2.75) is 44.1 Å². The molecule has 0 unspecified atom stereocenters. The SMILES string of the molecule is Cc1ccccc1C(=O)NC1CCN(C(=O)C2(c3ccccc3)CCOCC2)CC1. The van der Waals surface area contributed by atoms with Crippen LogP contribution in [0.4, 0.5) is 0 Å². The zero-order valence-electron chi connectivity index (χ0n) is 17.6. The van der Waals surface area contributed by atoms with Crippen molar-refractivity contribution in [1.29, 1.82) is 0 Å². The van der Waals surface area contributed by atoms with Crippen molar-refractivity contribution in [1.82, 2.24) is 10.2 Å². The second-order valence-electron chi connectivity index (χ2n) is 8.42. The first-order valence-electron chi connectivity index (χ1n) is 10.9. The summed E-state index contributed by atoms with van der Waals surface area (Å²) in [6, 6.07) is 17.9. The van der Waals surface area contributed by atoms with Gasteiger partial charge in [-0.3, -0.25) is 9.59 Å². The van der Waals surface area contributed by atoms with Gasteiger partial charge in [0.2, 0.25) is 5.91 Å². The molecule has 2 saturated heterocycles. The molecule has 0 bridgehead atoms. The second-order valence-corrected chi connectivity index (χ2v) is 8.42. The number of nitrogens with one attached hydrogen (secondary N) is 1. The maximum absolute atomic E-state index is 13.7. The van der Waals surface area contributed by atoms with Gasteiger partial charge < -0.3 is 15.0 Å². The zero-order chi connectivity index (χ0) is 21.0. The Morgan fingerprint density at radius 1 is 0.967 bits per heavy atom. The lowest BCUT2D eigenvalue weighted by Gasteiger charge is -2.42. The van der Waals surface area contributed by atoms with Crippen LogP contribution < -0.4 is 5.32 Å². The van der Waals surface area contributed by atoms with Gasteiger partial charge in [-0.2, -0.15) is 0 Å². The fourth-order valence-electron chi connectivity index (χ4n) is 4.72. The van der Waals surface area contributed by atoms with Crippen LogP contribution in [0.5, 0.6) is 0 Å². The maximum Gasteiger partial charge on any atom is 0.251 e. The van der Waals surface area contributed by atoms with E-state index in [1.165, 1.54) is 0 Å². The van der Waals surface area contributed by atoms with Crippen molar-refractivity contribution in [3.8, 4) is 0 Å². The Hall–Kier alpha value is -2.66. The van der Waals surface area contributed by atoms with Gasteiger partial charge in [0.1, 0.15) is 0 Å². The minimum atomic E-state index is -0.489. The Bertz CT molecular complexity index is 882. The van der Waals surface area contributed by atoms with E-state index in [4.69, 9.17) is 4.74 Å². The van der Waals surface area contributed by atoms with Gasteiger partial charge in [-0.15, -0.1) is 0 Å². The number of ether oxygens (including phenoxy) is 1. The van der Waals surface area contributed by atoms with Crippen LogP contribution in [0.2, 0.25) is 0 Å². The van der Waals surface area contributed by atoms with E-state index in [0.29, 0.717) is 26.3 Å². The molecule has 0 radical (unpaired) electrons. The summed E-state index contributed by atoms with van der Waals surface area (Å²) in [5.41, 5.74) is 2.30. The highest BCUT2D eigenvalue weighted by Crippen LogP contribution is 2.37. The highest BCUT2D eigenvalue weighted by molar-refractivity contribution is 5.95. The third-order valence-corrected chi connectivity index (χ3v) is 6.59. The summed E-state index contributed by atoms with van der Waals surface area (Å²) in [5, 5.41) is 3.16. The summed E-state index contributed by atoms with van der Waals surface area (Å²) in [6.45, 7) is 4.53. The van der Waals surface area contributed by atoms with Crippen LogP contribution in [-0.2, 0) is 14.9 Å². The first-order valence-corrected chi connectivity index (χ1v) is 10.9. The van der Waals surface area contributed by atoms with E-state index in [9.17, 15) is 9.59 Å². The van der Waals surface area contributed by atoms with Gasteiger partial charge >= 0.3 is 0 Å². The molecule has 2 amide bonds. The molecule has 2 aromatic carbocycles. The number of hydrogen-bond acceptors (Lipinski definition) is 3. The first kappa shape index (κ1) is 20.6. The van der Waals surface area contributed by atoms with Gasteiger partial charge in [-0.05, 0) is 49.8 Å². The minimum Gasteiger partial charge on any atom is -0.381 e. The van der Waals surface area contributed by atoms with Crippen LogP contribution >= 0.6 is 0 Å². The Labute approximate surface area is 178 Å². The van der Waals surface area contributed by atoms with E-state index < -0.39 is 5.41 Å². The number of hydrogen-bond donors (Lipinski definition) is 1. The number of benzene rings is 2. The molecule has 2 aliphatic rings. The third-order valence-electron chi connectivity index (χ3n) is 6.59. The summed E-state index contributed by atoms with van der Waals surface area (Å²) in [5.74, 6) is 0.184. The Morgan fingerprint density at radius 3 is 2.27 bits per heavy atom. The number of rotatable bonds is 4. The number of nitrogens with zero attached hydrogens (tertiary/aromatic N) is 1. The predicted octanol–water partition coefficient (Wildman–Crippen LogP) is 3.46. The zero-order valence-corrected chi connectivity index (χ0v) is 17.6. The standard InChI is InChI=1S/C25H30N2O3/c1-19-7-5-6-10-22(19)23(28)26-21-11-15-27(16-12-21)24(29)25(13-17-30-18-14-25)20-8-3-2-4-9-20/h2-10,21H,11-18H2,1H3,(H,26,28). The van der Waals surface area contributed by atoms with Gasteiger partial charge in [-0.25, -0.2) is 0 Å². The molecule has 158 valence electrons. The molecule has 4 rings (SSSR count). The molecule has 0 atom stereocenters. The summed E-state index contributed by atoms with van der Waals surface area (Å²) in [7, 11) is 0. The molecule has 30 heavy (non-hydrogen) atoms. The Kier molecular flexibility index (Phi) is 6.18. The fourth-order valence-corrected chi connectivity index (χ4v) is 4.72. The smallest absolute Gasteiger partial charge is 0.251 e. The average Bonchev–Trinajstić information content (AvgIpc) is 2.80. The van der Waals surface area contributed by atoms with Crippen LogP contribution in [-0.4, -0.2) is 49.1 Å². The normalized spacial score (nSPS) is 19.3.